The number of esters is 1. The Hall–Kier alpha value is -2.41. The van der Waals surface area contributed by atoms with E-state index >= 15 is 0 Å². The highest BCUT2D eigenvalue weighted by molar-refractivity contribution is 7.17. The standard InChI is InChI=1S/C20H22FNO4S/c1-3-15(26-13-10-8-12(21)9-11-13)18(23)22-19-17(20(24)25-2)14-6-4-5-7-16(14)27-19/h8-11,15H,3-7H2,1-2H3,(H,22,23)/t15-/m1/s1. The molecule has 1 amide bonds. The van der Waals surface area contributed by atoms with Gasteiger partial charge in [-0.2, -0.15) is 0 Å². The average Bonchev–Trinajstić information content (AvgIpc) is 3.04. The monoisotopic (exact) mass is 391 g/mol. The minimum Gasteiger partial charge on any atom is -0.481 e. The van der Waals surface area contributed by atoms with Gasteiger partial charge >= 0.3 is 5.97 Å². The largest absolute Gasteiger partial charge is 0.481 e. The van der Waals surface area contributed by atoms with Gasteiger partial charge in [-0.1, -0.05) is 6.92 Å². The Morgan fingerprint density at radius 2 is 1.93 bits per heavy atom. The number of carbonyl (C=O) groups is 2. The molecule has 144 valence electrons. The van der Waals surface area contributed by atoms with Crippen LogP contribution in [0.25, 0.3) is 0 Å². The van der Waals surface area contributed by atoms with E-state index in [4.69, 9.17) is 9.47 Å². The third-order valence-corrected chi connectivity index (χ3v) is 5.76. The molecule has 0 fully saturated rings. The van der Waals surface area contributed by atoms with Gasteiger partial charge in [0.05, 0.1) is 12.7 Å². The summed E-state index contributed by atoms with van der Waals surface area (Å²) in [5.41, 5.74) is 1.45. The number of carbonyl (C=O) groups excluding carboxylic acids is 2. The summed E-state index contributed by atoms with van der Waals surface area (Å²) in [4.78, 5) is 26.1. The van der Waals surface area contributed by atoms with Gasteiger partial charge in [0.2, 0.25) is 0 Å². The first-order chi connectivity index (χ1) is 13.0. The highest BCUT2D eigenvalue weighted by atomic mass is 32.1. The number of nitrogens with one attached hydrogen (secondary N) is 1. The maximum Gasteiger partial charge on any atom is 0.341 e. The Labute approximate surface area is 161 Å². The quantitative estimate of drug-likeness (QED) is 0.744. The lowest BCUT2D eigenvalue weighted by molar-refractivity contribution is -0.122. The average molecular weight is 391 g/mol. The lowest BCUT2D eigenvalue weighted by atomic mass is 9.95. The van der Waals surface area contributed by atoms with E-state index in [1.807, 2.05) is 6.92 Å². The van der Waals surface area contributed by atoms with E-state index < -0.39 is 12.1 Å². The van der Waals surface area contributed by atoms with Gasteiger partial charge in [-0.3, -0.25) is 4.79 Å². The maximum absolute atomic E-state index is 13.0. The summed E-state index contributed by atoms with van der Waals surface area (Å²) in [7, 11) is 1.34. The first-order valence-corrected chi connectivity index (χ1v) is 9.81. The molecule has 0 unspecified atom stereocenters. The Balaban J connectivity index is 1.80. The molecule has 1 heterocycles. The van der Waals surface area contributed by atoms with Crippen molar-refractivity contribution in [1.29, 1.82) is 0 Å². The lowest BCUT2D eigenvalue weighted by Crippen LogP contribution is -2.32. The van der Waals surface area contributed by atoms with Crippen molar-refractivity contribution in [1.82, 2.24) is 0 Å². The second-order valence-electron chi connectivity index (χ2n) is 6.36. The number of ether oxygens (including phenoxy) is 2. The van der Waals surface area contributed by atoms with Crippen LogP contribution in [0, 0.1) is 5.82 Å². The van der Waals surface area contributed by atoms with Crippen molar-refractivity contribution in [3.8, 4) is 5.75 Å². The molecule has 0 aliphatic heterocycles. The van der Waals surface area contributed by atoms with Crippen LogP contribution in [0.5, 0.6) is 5.75 Å². The third-order valence-electron chi connectivity index (χ3n) is 4.55. The zero-order chi connectivity index (χ0) is 19.4. The fourth-order valence-electron chi connectivity index (χ4n) is 3.16. The number of hydrogen-bond acceptors (Lipinski definition) is 5. The van der Waals surface area contributed by atoms with Crippen molar-refractivity contribution in [3.05, 3.63) is 46.1 Å². The van der Waals surface area contributed by atoms with E-state index in [1.54, 1.807) is 0 Å². The normalized spacial score (nSPS) is 14.2. The van der Waals surface area contributed by atoms with Crippen molar-refractivity contribution >= 4 is 28.2 Å². The van der Waals surface area contributed by atoms with E-state index in [1.165, 1.54) is 42.7 Å². The lowest BCUT2D eigenvalue weighted by Gasteiger charge is -2.17. The number of hydrogen-bond donors (Lipinski definition) is 1. The summed E-state index contributed by atoms with van der Waals surface area (Å²) in [6.45, 7) is 1.83. The molecule has 1 aromatic heterocycles. The molecular formula is C20H22FNO4S. The van der Waals surface area contributed by atoms with Crippen LogP contribution in [-0.2, 0) is 22.4 Å². The molecule has 0 radical (unpaired) electrons. The van der Waals surface area contributed by atoms with Gasteiger partial charge < -0.3 is 14.8 Å². The zero-order valence-corrected chi connectivity index (χ0v) is 16.2. The summed E-state index contributed by atoms with van der Waals surface area (Å²) in [6.07, 6.45) is 3.50. The summed E-state index contributed by atoms with van der Waals surface area (Å²) in [5.74, 6) is -0.730. The summed E-state index contributed by atoms with van der Waals surface area (Å²) in [5, 5.41) is 3.36. The highest BCUT2D eigenvalue weighted by Gasteiger charge is 2.28. The van der Waals surface area contributed by atoms with Crippen LogP contribution in [0.1, 0.15) is 47.0 Å². The van der Waals surface area contributed by atoms with E-state index in [-0.39, 0.29) is 11.7 Å². The van der Waals surface area contributed by atoms with Crippen LogP contribution < -0.4 is 10.1 Å². The fourth-order valence-corrected chi connectivity index (χ4v) is 4.44. The fraction of sp³-hybridized carbons (Fsp3) is 0.400. The number of anilines is 1. The number of rotatable bonds is 6. The number of fused-ring (bicyclic) bond motifs is 1. The molecule has 2 aromatic rings. The van der Waals surface area contributed by atoms with Gasteiger partial charge in [0.15, 0.2) is 6.10 Å². The van der Waals surface area contributed by atoms with Gasteiger partial charge in [-0.15, -0.1) is 11.3 Å². The van der Waals surface area contributed by atoms with Crippen LogP contribution in [0.2, 0.25) is 0 Å². The Morgan fingerprint density at radius 1 is 1.22 bits per heavy atom. The number of thiophene rings is 1. The number of methoxy groups -OCH3 is 1. The van der Waals surface area contributed by atoms with Crippen LogP contribution in [0.15, 0.2) is 24.3 Å². The first-order valence-electron chi connectivity index (χ1n) is 8.99. The topological polar surface area (TPSA) is 64.6 Å². The summed E-state index contributed by atoms with van der Waals surface area (Å²) < 4.78 is 23.7. The van der Waals surface area contributed by atoms with Crippen molar-refractivity contribution in [2.24, 2.45) is 0 Å². The molecule has 1 atom stereocenters. The number of halogens is 1. The number of amides is 1. The second-order valence-corrected chi connectivity index (χ2v) is 7.47. The SMILES string of the molecule is CC[C@@H](Oc1ccc(F)cc1)C(=O)Nc1sc2c(c1C(=O)OC)CCCC2. The third kappa shape index (κ3) is 4.30. The van der Waals surface area contributed by atoms with E-state index in [9.17, 15) is 14.0 Å². The van der Waals surface area contributed by atoms with Crippen LogP contribution in [0.4, 0.5) is 9.39 Å². The minimum absolute atomic E-state index is 0.342. The van der Waals surface area contributed by atoms with Gasteiger partial charge in [0.1, 0.15) is 16.6 Å². The molecule has 1 N–H and O–H groups in total. The van der Waals surface area contributed by atoms with Crippen LogP contribution in [0.3, 0.4) is 0 Å². The molecular weight excluding hydrogens is 369 g/mol. The van der Waals surface area contributed by atoms with Gasteiger partial charge in [0, 0.05) is 4.88 Å². The number of benzene rings is 1. The molecule has 0 bridgehead atoms. The molecule has 1 aromatic carbocycles. The predicted molar refractivity (Wildman–Crippen MR) is 102 cm³/mol. The number of aryl methyl sites for hydroxylation is 1. The van der Waals surface area contributed by atoms with Crippen molar-refractivity contribution < 1.29 is 23.5 Å². The van der Waals surface area contributed by atoms with Crippen molar-refractivity contribution in [2.45, 2.75) is 45.1 Å². The molecule has 0 spiro atoms. The smallest absolute Gasteiger partial charge is 0.341 e. The molecule has 5 nitrogen and oxygen atoms in total. The van der Waals surface area contributed by atoms with Crippen LogP contribution in [-0.4, -0.2) is 25.1 Å². The van der Waals surface area contributed by atoms with E-state index in [0.29, 0.717) is 22.7 Å². The van der Waals surface area contributed by atoms with Gasteiger partial charge in [0.25, 0.3) is 5.91 Å². The summed E-state index contributed by atoms with van der Waals surface area (Å²) >= 11 is 1.43. The van der Waals surface area contributed by atoms with Gasteiger partial charge in [-0.05, 0) is 61.9 Å². The molecule has 27 heavy (non-hydrogen) atoms. The molecule has 0 saturated carbocycles. The second kappa shape index (κ2) is 8.52. The Kier molecular flexibility index (Phi) is 6.11. The van der Waals surface area contributed by atoms with Crippen molar-refractivity contribution in [2.75, 3.05) is 12.4 Å². The Bertz CT molecular complexity index is 831. The molecule has 0 saturated heterocycles. The van der Waals surface area contributed by atoms with E-state index in [2.05, 4.69) is 5.32 Å². The van der Waals surface area contributed by atoms with E-state index in [0.717, 1.165) is 36.1 Å². The maximum atomic E-state index is 13.0. The first kappa shape index (κ1) is 19.4. The molecule has 7 heteroatoms. The predicted octanol–water partition coefficient (Wildman–Crippen LogP) is 4.35. The van der Waals surface area contributed by atoms with Crippen molar-refractivity contribution in [3.63, 3.8) is 0 Å². The highest BCUT2D eigenvalue weighted by Crippen LogP contribution is 2.38. The van der Waals surface area contributed by atoms with Crippen LogP contribution >= 0.6 is 11.3 Å². The molecule has 3 rings (SSSR count). The van der Waals surface area contributed by atoms with Gasteiger partial charge in [-0.25, -0.2) is 9.18 Å². The zero-order valence-electron chi connectivity index (χ0n) is 15.3. The Morgan fingerprint density at radius 3 is 2.59 bits per heavy atom. The molecule has 1 aliphatic carbocycles. The summed E-state index contributed by atoms with van der Waals surface area (Å²) in [6, 6.07) is 5.52. The minimum atomic E-state index is -0.750. The molecule has 1 aliphatic rings.